The maximum Gasteiger partial charge on any atom is 0.314 e. The van der Waals surface area contributed by atoms with Crippen LogP contribution in [0.4, 0.5) is 0 Å². The number of methoxy groups -OCH3 is 1. The predicted molar refractivity (Wildman–Crippen MR) is 97.6 cm³/mol. The molecule has 1 aliphatic heterocycles. The fraction of sp³-hybridized carbons (Fsp3) is 0.500. The first-order valence-corrected chi connectivity index (χ1v) is 8.97. The van der Waals surface area contributed by atoms with Crippen molar-refractivity contribution in [2.24, 2.45) is 5.92 Å². The highest BCUT2D eigenvalue weighted by Crippen LogP contribution is 2.36. The Balaban J connectivity index is 1.66. The van der Waals surface area contributed by atoms with Gasteiger partial charge in [0.05, 0.1) is 13.7 Å². The molecule has 1 heterocycles. The van der Waals surface area contributed by atoms with Crippen LogP contribution in [0.15, 0.2) is 18.2 Å². The van der Waals surface area contributed by atoms with Gasteiger partial charge in [0.15, 0.2) is 0 Å². The van der Waals surface area contributed by atoms with Gasteiger partial charge in [-0.2, -0.15) is 0 Å². The largest absolute Gasteiger partial charge is 0.497 e. The van der Waals surface area contributed by atoms with Gasteiger partial charge in [-0.1, -0.05) is 6.07 Å². The fourth-order valence-corrected chi connectivity index (χ4v) is 3.60. The van der Waals surface area contributed by atoms with Gasteiger partial charge in [-0.05, 0) is 48.3 Å². The maximum atomic E-state index is 12.3. The summed E-state index contributed by atoms with van der Waals surface area (Å²) in [5, 5.41) is 0. The third-order valence-corrected chi connectivity index (χ3v) is 4.87. The van der Waals surface area contributed by atoms with Crippen molar-refractivity contribution in [3.05, 3.63) is 29.3 Å². The van der Waals surface area contributed by atoms with Crippen LogP contribution in [0.5, 0.6) is 5.75 Å². The summed E-state index contributed by atoms with van der Waals surface area (Å²) in [5.74, 6) is -0.265. The first-order valence-electron chi connectivity index (χ1n) is 8.97. The van der Waals surface area contributed by atoms with E-state index in [1.807, 2.05) is 18.2 Å². The molecule has 6 nitrogen and oxygen atoms in total. The summed E-state index contributed by atoms with van der Waals surface area (Å²) in [6, 6.07) is 6.04. The molecule has 140 valence electrons. The standard InChI is InChI=1S/C20H25NO5/c1-4-25-20(23)18-12-21(8-7-19(18)26-13(2)22)11-15-9-14-5-6-16(24-3)10-17(14)15/h5-6,9-10,18-19H,4,7-8,11-12H2,1-3H3. The number of esters is 2. The van der Waals surface area contributed by atoms with Crippen molar-refractivity contribution < 1.29 is 23.8 Å². The first kappa shape index (κ1) is 18.5. The third-order valence-electron chi connectivity index (χ3n) is 4.87. The Kier molecular flexibility index (Phi) is 5.61. The van der Waals surface area contributed by atoms with Crippen molar-refractivity contribution in [1.29, 1.82) is 0 Å². The number of hydrogen-bond acceptors (Lipinski definition) is 6. The minimum atomic E-state index is -0.446. The monoisotopic (exact) mass is 359 g/mol. The molecule has 1 fully saturated rings. The smallest absolute Gasteiger partial charge is 0.314 e. The summed E-state index contributed by atoms with van der Waals surface area (Å²) in [7, 11) is 1.66. The SMILES string of the molecule is CCOC(=O)C1CN(CC2=Cc3ccc(OC)cc32)CCC1OC(C)=O. The second-order valence-corrected chi connectivity index (χ2v) is 6.65. The summed E-state index contributed by atoms with van der Waals surface area (Å²) >= 11 is 0. The van der Waals surface area contributed by atoms with Crippen molar-refractivity contribution >= 4 is 23.6 Å². The van der Waals surface area contributed by atoms with E-state index in [9.17, 15) is 9.59 Å². The second kappa shape index (κ2) is 7.91. The van der Waals surface area contributed by atoms with Crippen LogP contribution in [0.2, 0.25) is 0 Å². The lowest BCUT2D eigenvalue weighted by Gasteiger charge is -2.38. The number of fused-ring (bicyclic) bond motifs is 1. The number of benzene rings is 1. The van der Waals surface area contributed by atoms with Crippen LogP contribution in [0.25, 0.3) is 11.6 Å². The Morgan fingerprint density at radius 2 is 2.12 bits per heavy atom. The average Bonchev–Trinajstić information content (AvgIpc) is 2.60. The zero-order valence-electron chi connectivity index (χ0n) is 15.5. The van der Waals surface area contributed by atoms with Gasteiger partial charge in [-0.25, -0.2) is 0 Å². The Labute approximate surface area is 153 Å². The van der Waals surface area contributed by atoms with Crippen molar-refractivity contribution in [2.75, 3.05) is 33.4 Å². The van der Waals surface area contributed by atoms with Gasteiger partial charge in [-0.15, -0.1) is 0 Å². The summed E-state index contributed by atoms with van der Waals surface area (Å²) in [5.41, 5.74) is 3.63. The van der Waals surface area contributed by atoms with Crippen molar-refractivity contribution in [1.82, 2.24) is 4.90 Å². The molecule has 0 amide bonds. The van der Waals surface area contributed by atoms with E-state index < -0.39 is 12.0 Å². The van der Waals surface area contributed by atoms with Crippen molar-refractivity contribution in [3.63, 3.8) is 0 Å². The molecule has 2 unspecified atom stereocenters. The Morgan fingerprint density at radius 1 is 1.31 bits per heavy atom. The number of carbonyl (C=O) groups is 2. The molecule has 0 N–H and O–H groups in total. The molecular formula is C20H25NO5. The lowest BCUT2D eigenvalue weighted by molar-refractivity contribution is -0.164. The Hall–Kier alpha value is -2.34. The molecule has 6 heteroatoms. The van der Waals surface area contributed by atoms with Gasteiger partial charge in [0, 0.05) is 26.6 Å². The molecule has 26 heavy (non-hydrogen) atoms. The van der Waals surface area contributed by atoms with Crippen LogP contribution >= 0.6 is 0 Å². The van der Waals surface area contributed by atoms with Gasteiger partial charge in [0.25, 0.3) is 0 Å². The number of ether oxygens (including phenoxy) is 3. The van der Waals surface area contributed by atoms with Crippen molar-refractivity contribution in [3.8, 4) is 5.75 Å². The molecule has 0 aromatic heterocycles. The summed E-state index contributed by atoms with van der Waals surface area (Å²) in [6.45, 7) is 5.52. The van der Waals surface area contributed by atoms with Gasteiger partial charge in [-0.3, -0.25) is 14.5 Å². The van der Waals surface area contributed by atoms with E-state index in [4.69, 9.17) is 14.2 Å². The average molecular weight is 359 g/mol. The molecule has 1 aromatic carbocycles. The lowest BCUT2D eigenvalue weighted by atomic mass is 9.87. The maximum absolute atomic E-state index is 12.3. The molecular weight excluding hydrogens is 334 g/mol. The number of likely N-dealkylation sites (tertiary alicyclic amines) is 1. The number of hydrogen-bond donors (Lipinski definition) is 0. The molecule has 0 radical (unpaired) electrons. The Morgan fingerprint density at radius 3 is 2.81 bits per heavy atom. The van der Waals surface area contributed by atoms with E-state index in [1.165, 1.54) is 23.6 Å². The normalized spacial score (nSPS) is 21.9. The van der Waals surface area contributed by atoms with Crippen molar-refractivity contribution in [2.45, 2.75) is 26.4 Å². The molecule has 2 aliphatic rings. The van der Waals surface area contributed by atoms with E-state index in [0.717, 1.165) is 18.8 Å². The number of carbonyl (C=O) groups excluding carboxylic acids is 2. The third kappa shape index (κ3) is 3.90. The van der Waals surface area contributed by atoms with Crippen LogP contribution in [0, 0.1) is 5.92 Å². The van der Waals surface area contributed by atoms with Gasteiger partial charge in [0.1, 0.15) is 17.8 Å². The van der Waals surface area contributed by atoms with Crippen LogP contribution < -0.4 is 4.74 Å². The Bertz CT molecular complexity index is 727. The minimum absolute atomic E-state index is 0.298. The zero-order chi connectivity index (χ0) is 18.7. The van der Waals surface area contributed by atoms with E-state index in [0.29, 0.717) is 19.6 Å². The van der Waals surface area contributed by atoms with Gasteiger partial charge < -0.3 is 14.2 Å². The van der Waals surface area contributed by atoms with E-state index in [2.05, 4.69) is 11.0 Å². The molecule has 0 bridgehead atoms. The molecule has 0 saturated carbocycles. The number of nitrogens with zero attached hydrogens (tertiary/aromatic N) is 1. The fourth-order valence-electron chi connectivity index (χ4n) is 3.60. The second-order valence-electron chi connectivity index (χ2n) is 6.65. The highest BCUT2D eigenvalue weighted by atomic mass is 16.6. The molecule has 3 rings (SSSR count). The highest BCUT2D eigenvalue weighted by Gasteiger charge is 2.38. The summed E-state index contributed by atoms with van der Waals surface area (Å²) in [6.07, 6.45) is 2.37. The number of rotatable bonds is 6. The van der Waals surface area contributed by atoms with E-state index in [-0.39, 0.29) is 11.9 Å². The molecule has 2 atom stereocenters. The van der Waals surface area contributed by atoms with E-state index in [1.54, 1.807) is 14.0 Å². The highest BCUT2D eigenvalue weighted by molar-refractivity contribution is 5.96. The minimum Gasteiger partial charge on any atom is -0.497 e. The van der Waals surface area contributed by atoms with Crippen LogP contribution in [-0.4, -0.2) is 56.3 Å². The molecule has 1 aromatic rings. The lowest BCUT2D eigenvalue weighted by Crippen LogP contribution is -2.49. The van der Waals surface area contributed by atoms with Gasteiger partial charge >= 0.3 is 11.9 Å². The summed E-state index contributed by atoms with van der Waals surface area (Å²) < 4.78 is 15.8. The van der Waals surface area contributed by atoms with Gasteiger partial charge in [0.2, 0.25) is 0 Å². The quantitative estimate of drug-likeness (QED) is 0.727. The van der Waals surface area contributed by atoms with E-state index >= 15 is 0 Å². The summed E-state index contributed by atoms with van der Waals surface area (Å²) in [4.78, 5) is 25.9. The predicted octanol–water partition coefficient (Wildman–Crippen LogP) is 2.37. The molecule has 1 saturated heterocycles. The zero-order valence-corrected chi connectivity index (χ0v) is 15.5. The number of piperidine rings is 1. The molecule has 1 aliphatic carbocycles. The van der Waals surface area contributed by atoms with Crippen LogP contribution in [0.3, 0.4) is 0 Å². The first-order chi connectivity index (χ1) is 12.5. The van der Waals surface area contributed by atoms with Crippen LogP contribution in [-0.2, 0) is 19.1 Å². The van der Waals surface area contributed by atoms with Crippen LogP contribution in [0.1, 0.15) is 31.4 Å². The topological polar surface area (TPSA) is 65.1 Å². The molecule has 0 spiro atoms.